The number of rotatable bonds is 11. The van der Waals surface area contributed by atoms with Crippen LogP contribution in [0, 0.1) is 0 Å². The number of ether oxygens (including phenoxy) is 1. The molecule has 0 aliphatic heterocycles. The molecule has 5 nitrogen and oxygen atoms in total. The van der Waals surface area contributed by atoms with Crippen LogP contribution < -0.4 is 15.5 Å². The van der Waals surface area contributed by atoms with Crippen molar-refractivity contribution >= 4 is 35.0 Å². The smallest absolute Gasteiger partial charge is 0.407 e. The Balaban J connectivity index is 2.24. The third-order valence-electron chi connectivity index (χ3n) is 3.54. The van der Waals surface area contributed by atoms with Crippen molar-refractivity contribution < 1.29 is 9.53 Å². The van der Waals surface area contributed by atoms with Gasteiger partial charge in [-0.1, -0.05) is 12.1 Å². The number of carbonyl (C=O) groups excluding carboxylic acids is 1. The summed E-state index contributed by atoms with van der Waals surface area (Å²) in [5.74, 6) is 1.16. The van der Waals surface area contributed by atoms with E-state index in [2.05, 4.69) is 39.8 Å². The molecule has 26 heavy (non-hydrogen) atoms. The first kappa shape index (κ1) is 22.9. The molecular formula is C19H31Cl2N3O2. The minimum Gasteiger partial charge on any atom is -0.444 e. The Labute approximate surface area is 167 Å². The van der Waals surface area contributed by atoms with Crippen molar-refractivity contribution in [3.8, 4) is 0 Å². The summed E-state index contributed by atoms with van der Waals surface area (Å²) in [6, 6.07) is 8.41. The Bertz CT molecular complexity index is 513. The number of alkyl carbamates (subject to hydrolysis) is 1. The Kier molecular flexibility index (Phi) is 10.8. The lowest BCUT2D eigenvalue weighted by Crippen LogP contribution is -2.33. The maximum atomic E-state index is 11.5. The van der Waals surface area contributed by atoms with Gasteiger partial charge in [0.15, 0.2) is 0 Å². The number of halogens is 2. The fourth-order valence-electron chi connectivity index (χ4n) is 2.35. The standard InChI is InChI=1S/C19H31Cl2N3O2/c1-19(2,3)26-18(25)23-12-4-11-22-15-16-5-7-17(8-6-16)24(13-9-20)14-10-21/h5-8,22H,4,9-15H2,1-3H3,(H,23,25). The monoisotopic (exact) mass is 403 g/mol. The van der Waals surface area contributed by atoms with Gasteiger partial charge < -0.3 is 20.3 Å². The van der Waals surface area contributed by atoms with Gasteiger partial charge in [0.1, 0.15) is 5.60 Å². The highest BCUT2D eigenvalue weighted by Crippen LogP contribution is 2.15. The number of carbonyl (C=O) groups is 1. The van der Waals surface area contributed by atoms with Crippen LogP contribution in [-0.2, 0) is 11.3 Å². The molecule has 148 valence electrons. The molecule has 0 heterocycles. The summed E-state index contributed by atoms with van der Waals surface area (Å²) >= 11 is 11.7. The molecule has 0 aliphatic rings. The molecule has 7 heteroatoms. The zero-order valence-electron chi connectivity index (χ0n) is 16.0. The van der Waals surface area contributed by atoms with Crippen LogP contribution in [0.2, 0.25) is 0 Å². The van der Waals surface area contributed by atoms with Crippen LogP contribution in [-0.4, -0.2) is 49.6 Å². The fourth-order valence-corrected chi connectivity index (χ4v) is 2.76. The van der Waals surface area contributed by atoms with Crippen molar-refractivity contribution in [3.63, 3.8) is 0 Å². The highest BCUT2D eigenvalue weighted by molar-refractivity contribution is 6.18. The predicted molar refractivity (Wildman–Crippen MR) is 111 cm³/mol. The normalized spacial score (nSPS) is 11.3. The summed E-state index contributed by atoms with van der Waals surface area (Å²) in [6.45, 7) is 9.33. The molecule has 0 atom stereocenters. The molecule has 1 aromatic rings. The molecule has 2 N–H and O–H groups in total. The summed E-state index contributed by atoms with van der Waals surface area (Å²) in [4.78, 5) is 13.7. The predicted octanol–water partition coefficient (Wildman–Crippen LogP) is 3.98. The summed E-state index contributed by atoms with van der Waals surface area (Å²) in [5.41, 5.74) is 1.89. The van der Waals surface area contributed by atoms with E-state index in [-0.39, 0.29) is 6.09 Å². The van der Waals surface area contributed by atoms with Gasteiger partial charge in [-0.2, -0.15) is 0 Å². The van der Waals surface area contributed by atoms with Crippen molar-refractivity contribution in [1.29, 1.82) is 0 Å². The quantitative estimate of drug-likeness (QED) is 0.433. The van der Waals surface area contributed by atoms with Gasteiger partial charge in [0, 0.05) is 43.6 Å². The Morgan fingerprint density at radius 2 is 1.69 bits per heavy atom. The van der Waals surface area contributed by atoms with Gasteiger partial charge in [-0.25, -0.2) is 4.79 Å². The van der Waals surface area contributed by atoms with E-state index in [9.17, 15) is 4.79 Å². The third-order valence-corrected chi connectivity index (χ3v) is 3.88. The summed E-state index contributed by atoms with van der Waals surface area (Å²) in [6.07, 6.45) is 0.475. The highest BCUT2D eigenvalue weighted by atomic mass is 35.5. The van der Waals surface area contributed by atoms with Crippen molar-refractivity contribution in [3.05, 3.63) is 29.8 Å². The van der Waals surface area contributed by atoms with E-state index in [0.717, 1.165) is 38.3 Å². The van der Waals surface area contributed by atoms with Crippen LogP contribution in [0.1, 0.15) is 32.8 Å². The van der Waals surface area contributed by atoms with Gasteiger partial charge in [-0.05, 0) is 51.4 Å². The van der Waals surface area contributed by atoms with Crippen LogP contribution in [0.3, 0.4) is 0 Å². The van der Waals surface area contributed by atoms with Gasteiger partial charge in [0.2, 0.25) is 0 Å². The van der Waals surface area contributed by atoms with E-state index in [1.54, 1.807) is 0 Å². The SMILES string of the molecule is CC(C)(C)OC(=O)NCCCNCc1ccc(N(CCCl)CCCl)cc1. The Morgan fingerprint density at radius 1 is 1.08 bits per heavy atom. The van der Waals surface area contributed by atoms with Crippen LogP contribution >= 0.6 is 23.2 Å². The van der Waals surface area contributed by atoms with Crippen LogP contribution in [0.5, 0.6) is 0 Å². The fraction of sp³-hybridized carbons (Fsp3) is 0.632. The number of alkyl halides is 2. The average Bonchev–Trinajstić information content (AvgIpc) is 2.57. The van der Waals surface area contributed by atoms with E-state index >= 15 is 0 Å². The van der Waals surface area contributed by atoms with Crippen molar-refractivity contribution in [2.75, 3.05) is 42.8 Å². The van der Waals surface area contributed by atoms with Crippen molar-refractivity contribution in [1.82, 2.24) is 10.6 Å². The van der Waals surface area contributed by atoms with Crippen LogP contribution in [0.25, 0.3) is 0 Å². The second-order valence-electron chi connectivity index (χ2n) is 6.99. The van der Waals surface area contributed by atoms with E-state index < -0.39 is 5.60 Å². The number of hydrogen-bond donors (Lipinski definition) is 2. The number of nitrogens with one attached hydrogen (secondary N) is 2. The molecule has 0 fully saturated rings. The van der Waals surface area contributed by atoms with E-state index in [1.165, 1.54) is 5.56 Å². The molecule has 1 aromatic carbocycles. The molecule has 0 spiro atoms. The van der Waals surface area contributed by atoms with Gasteiger partial charge in [-0.3, -0.25) is 0 Å². The molecule has 0 unspecified atom stereocenters. The first-order valence-electron chi connectivity index (χ1n) is 8.99. The maximum absolute atomic E-state index is 11.5. The van der Waals surface area contributed by atoms with Crippen LogP contribution in [0.4, 0.5) is 10.5 Å². The number of anilines is 1. The number of nitrogens with zero attached hydrogens (tertiary/aromatic N) is 1. The van der Waals surface area contributed by atoms with Gasteiger partial charge in [-0.15, -0.1) is 23.2 Å². The number of hydrogen-bond acceptors (Lipinski definition) is 4. The molecular weight excluding hydrogens is 373 g/mol. The molecule has 0 aliphatic carbocycles. The Hall–Kier alpha value is -1.17. The van der Waals surface area contributed by atoms with Crippen LogP contribution in [0.15, 0.2) is 24.3 Å². The minimum atomic E-state index is -0.461. The van der Waals surface area contributed by atoms with Gasteiger partial charge in [0.05, 0.1) is 0 Å². The molecule has 1 rings (SSSR count). The zero-order chi connectivity index (χ0) is 19.4. The lowest BCUT2D eigenvalue weighted by Gasteiger charge is -2.23. The van der Waals surface area contributed by atoms with Gasteiger partial charge >= 0.3 is 6.09 Å². The lowest BCUT2D eigenvalue weighted by atomic mass is 10.2. The van der Waals surface area contributed by atoms with Crippen molar-refractivity contribution in [2.45, 2.75) is 39.3 Å². The second kappa shape index (κ2) is 12.3. The molecule has 0 bridgehead atoms. The van der Waals surface area contributed by atoms with Crippen molar-refractivity contribution in [2.24, 2.45) is 0 Å². The molecule has 0 saturated carbocycles. The summed E-state index contributed by atoms with van der Waals surface area (Å²) in [7, 11) is 0. The third kappa shape index (κ3) is 10.1. The summed E-state index contributed by atoms with van der Waals surface area (Å²) in [5, 5.41) is 6.13. The molecule has 0 aromatic heterocycles. The Morgan fingerprint density at radius 3 is 2.23 bits per heavy atom. The topological polar surface area (TPSA) is 53.6 Å². The molecule has 0 saturated heterocycles. The molecule has 1 amide bonds. The first-order valence-corrected chi connectivity index (χ1v) is 10.1. The van der Waals surface area contributed by atoms with Gasteiger partial charge in [0.25, 0.3) is 0 Å². The number of amides is 1. The zero-order valence-corrected chi connectivity index (χ0v) is 17.5. The first-order chi connectivity index (χ1) is 12.4. The number of benzene rings is 1. The average molecular weight is 404 g/mol. The largest absolute Gasteiger partial charge is 0.444 e. The second-order valence-corrected chi connectivity index (χ2v) is 7.75. The van der Waals surface area contributed by atoms with E-state index in [4.69, 9.17) is 27.9 Å². The van der Waals surface area contributed by atoms with E-state index in [0.29, 0.717) is 18.3 Å². The summed E-state index contributed by atoms with van der Waals surface area (Å²) < 4.78 is 5.19. The lowest BCUT2D eigenvalue weighted by molar-refractivity contribution is 0.0527. The molecule has 0 radical (unpaired) electrons. The highest BCUT2D eigenvalue weighted by Gasteiger charge is 2.15. The van der Waals surface area contributed by atoms with E-state index in [1.807, 2.05) is 20.8 Å². The maximum Gasteiger partial charge on any atom is 0.407 e. The minimum absolute atomic E-state index is 0.369.